The van der Waals surface area contributed by atoms with Crippen molar-refractivity contribution < 1.29 is 8.83 Å². The zero-order valence-corrected chi connectivity index (χ0v) is 28.2. The predicted molar refractivity (Wildman–Crippen MR) is 217 cm³/mol. The highest BCUT2D eigenvalue weighted by Crippen LogP contribution is 2.43. The van der Waals surface area contributed by atoms with Gasteiger partial charge in [0.2, 0.25) is 0 Å². The van der Waals surface area contributed by atoms with Gasteiger partial charge in [0.1, 0.15) is 16.7 Å². The fourth-order valence-corrected chi connectivity index (χ4v) is 8.31. The van der Waals surface area contributed by atoms with Gasteiger partial charge in [-0.3, -0.25) is 0 Å². The van der Waals surface area contributed by atoms with Gasteiger partial charge in [0.15, 0.2) is 5.58 Å². The minimum Gasteiger partial charge on any atom is -0.455 e. The van der Waals surface area contributed by atoms with Crippen LogP contribution in [0.2, 0.25) is 0 Å². The van der Waals surface area contributed by atoms with Gasteiger partial charge in [-0.05, 0) is 54.6 Å². The van der Waals surface area contributed by atoms with Crippen LogP contribution in [0.1, 0.15) is 0 Å². The van der Waals surface area contributed by atoms with Gasteiger partial charge in [0.05, 0.1) is 44.5 Å². The van der Waals surface area contributed by atoms with Crippen LogP contribution >= 0.6 is 0 Å². The molecular formula is C48H27N3O2. The van der Waals surface area contributed by atoms with Crippen molar-refractivity contribution in [3.05, 3.63) is 164 Å². The monoisotopic (exact) mass is 677 g/mol. The Morgan fingerprint density at radius 3 is 1.85 bits per heavy atom. The van der Waals surface area contributed by atoms with Gasteiger partial charge >= 0.3 is 0 Å². The highest BCUT2D eigenvalue weighted by molar-refractivity contribution is 6.24. The first kappa shape index (κ1) is 28.5. The smallest absolute Gasteiger partial charge is 0.159 e. The molecule has 0 unspecified atom stereocenters. The third-order valence-corrected chi connectivity index (χ3v) is 10.8. The molecular weight excluding hydrogens is 651 g/mol. The van der Waals surface area contributed by atoms with Gasteiger partial charge in [-0.2, -0.15) is 0 Å². The maximum Gasteiger partial charge on any atom is 0.159 e. The molecule has 246 valence electrons. The third-order valence-electron chi connectivity index (χ3n) is 10.8. The number of benzene rings is 7. The molecule has 12 aromatic rings. The number of para-hydroxylation sites is 3. The van der Waals surface area contributed by atoms with Crippen molar-refractivity contribution in [2.75, 3.05) is 0 Å². The Morgan fingerprint density at radius 2 is 1.02 bits per heavy atom. The average molecular weight is 678 g/mol. The summed E-state index contributed by atoms with van der Waals surface area (Å²) < 4.78 is 15.7. The summed E-state index contributed by atoms with van der Waals surface area (Å²) in [5.41, 5.74) is 12.3. The van der Waals surface area contributed by atoms with E-state index in [4.69, 9.17) is 18.8 Å². The second kappa shape index (κ2) is 10.6. The molecule has 0 aliphatic carbocycles. The van der Waals surface area contributed by atoms with Crippen molar-refractivity contribution in [2.45, 2.75) is 0 Å². The number of aromatic nitrogens is 3. The topological polar surface area (TPSA) is 57.0 Å². The van der Waals surface area contributed by atoms with Gasteiger partial charge in [0.25, 0.3) is 0 Å². The van der Waals surface area contributed by atoms with E-state index in [1.165, 1.54) is 0 Å². The summed E-state index contributed by atoms with van der Waals surface area (Å²) in [6.45, 7) is 0. The highest BCUT2D eigenvalue weighted by Gasteiger charge is 2.21. The summed E-state index contributed by atoms with van der Waals surface area (Å²) in [7, 11) is 0. The summed E-state index contributed by atoms with van der Waals surface area (Å²) >= 11 is 0. The molecule has 0 radical (unpaired) electrons. The molecule has 5 heterocycles. The molecule has 0 saturated carbocycles. The first-order valence-corrected chi connectivity index (χ1v) is 17.8. The lowest BCUT2D eigenvalue weighted by Crippen LogP contribution is -1.94. The minimum atomic E-state index is 0.815. The van der Waals surface area contributed by atoms with Crippen LogP contribution in [0.15, 0.2) is 173 Å². The summed E-state index contributed by atoms with van der Waals surface area (Å²) in [4.78, 5) is 10.3. The van der Waals surface area contributed by atoms with E-state index in [-0.39, 0.29) is 0 Å². The molecule has 5 heteroatoms. The largest absolute Gasteiger partial charge is 0.455 e. The van der Waals surface area contributed by atoms with E-state index in [1.807, 2.05) is 30.3 Å². The first-order valence-electron chi connectivity index (χ1n) is 17.8. The van der Waals surface area contributed by atoms with Crippen LogP contribution in [-0.4, -0.2) is 14.5 Å². The van der Waals surface area contributed by atoms with E-state index < -0.39 is 0 Å². The van der Waals surface area contributed by atoms with Crippen LogP contribution in [0, 0.1) is 0 Å². The van der Waals surface area contributed by atoms with E-state index >= 15 is 0 Å². The van der Waals surface area contributed by atoms with Crippen LogP contribution in [0.4, 0.5) is 0 Å². The maximum atomic E-state index is 6.84. The molecule has 0 atom stereocenters. The van der Waals surface area contributed by atoms with Crippen molar-refractivity contribution in [1.29, 1.82) is 0 Å². The van der Waals surface area contributed by atoms with E-state index in [0.29, 0.717) is 0 Å². The number of furan rings is 2. The van der Waals surface area contributed by atoms with E-state index in [9.17, 15) is 0 Å². The van der Waals surface area contributed by atoms with Crippen molar-refractivity contribution >= 4 is 87.5 Å². The van der Waals surface area contributed by atoms with Gasteiger partial charge in [-0.25, -0.2) is 9.97 Å². The molecule has 0 spiro atoms. The van der Waals surface area contributed by atoms with Crippen LogP contribution < -0.4 is 0 Å². The minimum absolute atomic E-state index is 0.815. The summed E-state index contributed by atoms with van der Waals surface area (Å²) in [6.07, 6.45) is 0. The van der Waals surface area contributed by atoms with Crippen LogP contribution in [0.25, 0.3) is 116 Å². The number of rotatable bonds is 3. The maximum absolute atomic E-state index is 6.84. The van der Waals surface area contributed by atoms with Crippen molar-refractivity contribution in [3.63, 3.8) is 0 Å². The Kier molecular flexibility index (Phi) is 5.71. The quantitative estimate of drug-likeness (QED) is 0.175. The van der Waals surface area contributed by atoms with E-state index in [1.54, 1.807) is 0 Å². The van der Waals surface area contributed by atoms with Crippen LogP contribution in [-0.2, 0) is 0 Å². The fraction of sp³-hybridized carbons (Fsp3) is 0. The van der Waals surface area contributed by atoms with Crippen LogP contribution in [0.5, 0.6) is 0 Å². The SMILES string of the molecule is c1ccc(-c2ccc3ccc4ccc(-c5ccc6c(c5)oc5c(-n7c8ccccc8c8c9oc%10ccccc%10c9ccc87)cccc56)nc4c3n2)cc1. The standard InChI is InChI=1S/C48H27N3O2/c1-2-9-28(10-3-1)37-24-20-29-17-18-30-21-25-38(50-46(30)45(29)49-37)31-19-22-33-34-13-8-15-41(47(34)53-43(33)27-31)51-39-14-6-4-12-36(39)44-40(51)26-23-35-32-11-5-7-16-42(32)52-48(35)44/h1-27H. The van der Waals surface area contributed by atoms with Crippen molar-refractivity contribution in [2.24, 2.45) is 0 Å². The lowest BCUT2D eigenvalue weighted by atomic mass is 10.0. The number of hydrogen-bond donors (Lipinski definition) is 0. The second-order valence-electron chi connectivity index (χ2n) is 13.7. The Labute approximate surface area is 302 Å². The molecule has 53 heavy (non-hydrogen) atoms. The number of fused-ring (bicyclic) bond motifs is 13. The van der Waals surface area contributed by atoms with E-state index in [0.717, 1.165) is 116 Å². The fourth-order valence-electron chi connectivity index (χ4n) is 8.31. The molecule has 0 aliphatic heterocycles. The van der Waals surface area contributed by atoms with Crippen LogP contribution in [0.3, 0.4) is 0 Å². The van der Waals surface area contributed by atoms with Gasteiger partial charge in [-0.1, -0.05) is 109 Å². The molecule has 5 nitrogen and oxygen atoms in total. The summed E-state index contributed by atoms with van der Waals surface area (Å²) in [6, 6.07) is 57.0. The number of nitrogens with zero attached hydrogens (tertiary/aromatic N) is 3. The van der Waals surface area contributed by atoms with Gasteiger partial charge in [-0.15, -0.1) is 0 Å². The third kappa shape index (κ3) is 4.07. The Morgan fingerprint density at radius 1 is 0.396 bits per heavy atom. The predicted octanol–water partition coefficient (Wildman–Crippen LogP) is 13.0. The van der Waals surface area contributed by atoms with Crippen molar-refractivity contribution in [1.82, 2.24) is 14.5 Å². The molecule has 0 amide bonds. The first-order chi connectivity index (χ1) is 26.3. The Balaban J connectivity index is 1.04. The second-order valence-corrected chi connectivity index (χ2v) is 13.7. The van der Waals surface area contributed by atoms with Crippen molar-refractivity contribution in [3.8, 4) is 28.2 Å². The molecule has 0 bridgehead atoms. The molecule has 0 N–H and O–H groups in total. The Bertz CT molecular complexity index is 3460. The molecule has 0 fully saturated rings. The molecule has 0 saturated heterocycles. The average Bonchev–Trinajstić information content (AvgIpc) is 3.90. The molecule has 12 rings (SSSR count). The molecule has 0 aliphatic rings. The number of hydrogen-bond acceptors (Lipinski definition) is 4. The Hall–Kier alpha value is -7.24. The summed E-state index contributed by atoms with van der Waals surface area (Å²) in [5, 5.41) is 8.73. The van der Waals surface area contributed by atoms with Gasteiger partial charge in [0, 0.05) is 48.8 Å². The number of pyridine rings is 2. The summed E-state index contributed by atoms with van der Waals surface area (Å²) in [5.74, 6) is 0. The normalized spacial score (nSPS) is 12.2. The highest BCUT2D eigenvalue weighted by atomic mass is 16.3. The van der Waals surface area contributed by atoms with Gasteiger partial charge < -0.3 is 13.4 Å². The molecule has 7 aromatic carbocycles. The zero-order chi connectivity index (χ0) is 34.6. The zero-order valence-electron chi connectivity index (χ0n) is 28.2. The van der Waals surface area contributed by atoms with E-state index in [2.05, 4.69) is 138 Å². The lowest BCUT2D eigenvalue weighted by molar-refractivity contribution is 0.666. The molecule has 5 aromatic heterocycles. The lowest BCUT2D eigenvalue weighted by Gasteiger charge is -2.08.